The molecule has 0 spiro atoms. The van der Waals surface area contributed by atoms with Crippen molar-refractivity contribution in [1.29, 1.82) is 0 Å². The van der Waals surface area contributed by atoms with Crippen molar-refractivity contribution in [2.45, 2.75) is 31.1 Å². The summed E-state index contributed by atoms with van der Waals surface area (Å²) in [5.41, 5.74) is 3.42. The van der Waals surface area contributed by atoms with Crippen LogP contribution in [0, 0.1) is 0 Å². The topological polar surface area (TPSA) is 69.2 Å². The van der Waals surface area contributed by atoms with Gasteiger partial charge in [0.05, 0.1) is 7.11 Å². The van der Waals surface area contributed by atoms with Gasteiger partial charge in [0.1, 0.15) is 5.75 Å². The van der Waals surface area contributed by atoms with Gasteiger partial charge in [-0.05, 0) is 42.1 Å². The molecule has 0 radical (unpaired) electrons. The molecule has 3 aromatic carbocycles. The van der Waals surface area contributed by atoms with Gasteiger partial charge in [-0.25, -0.2) is 0 Å². The highest BCUT2D eigenvalue weighted by Crippen LogP contribution is 2.42. The third-order valence-electron chi connectivity index (χ3n) is 5.54. The highest BCUT2D eigenvalue weighted by Gasteiger charge is 2.27. The molecule has 1 aromatic heterocycles. The van der Waals surface area contributed by atoms with Crippen LogP contribution >= 0.6 is 27.7 Å². The number of hydrogen-bond acceptors (Lipinski definition) is 7. The Kier molecular flexibility index (Phi) is 6.37. The molecular weight excluding hydrogens is 500 g/mol. The number of nitrogens with one attached hydrogen (secondary N) is 1. The molecule has 1 aliphatic heterocycles. The monoisotopic (exact) mass is 522 g/mol. The normalized spacial score (nSPS) is 14.6. The molecule has 0 fully saturated rings. The van der Waals surface area contributed by atoms with E-state index < -0.39 is 6.23 Å². The van der Waals surface area contributed by atoms with Crippen LogP contribution in [0.15, 0.2) is 64.2 Å². The van der Waals surface area contributed by atoms with E-state index in [2.05, 4.69) is 50.5 Å². The van der Waals surface area contributed by atoms with E-state index in [1.165, 1.54) is 0 Å². The first-order chi connectivity index (χ1) is 16.2. The van der Waals surface area contributed by atoms with Crippen molar-refractivity contribution in [3.8, 4) is 22.9 Å². The van der Waals surface area contributed by atoms with Gasteiger partial charge in [0.2, 0.25) is 11.0 Å². The predicted molar refractivity (Wildman–Crippen MR) is 136 cm³/mol. The Labute approximate surface area is 205 Å². The minimum Gasteiger partial charge on any atom is -0.496 e. The van der Waals surface area contributed by atoms with Gasteiger partial charge >= 0.3 is 0 Å². The van der Waals surface area contributed by atoms with Crippen molar-refractivity contribution >= 4 is 44.2 Å². The molecule has 2 heterocycles. The number of methoxy groups -OCH3 is 1. The van der Waals surface area contributed by atoms with Crippen LogP contribution in [-0.2, 0) is 0 Å². The molecule has 0 unspecified atom stereocenters. The zero-order valence-electron chi connectivity index (χ0n) is 18.3. The number of anilines is 1. The van der Waals surface area contributed by atoms with Crippen molar-refractivity contribution in [3.63, 3.8) is 0 Å². The van der Waals surface area contributed by atoms with Gasteiger partial charge in [-0.15, -0.1) is 10.2 Å². The van der Waals surface area contributed by atoms with Crippen molar-refractivity contribution in [2.75, 3.05) is 18.2 Å². The lowest BCUT2D eigenvalue weighted by Gasteiger charge is -2.21. The van der Waals surface area contributed by atoms with Crippen LogP contribution in [-0.4, -0.2) is 28.0 Å². The van der Waals surface area contributed by atoms with Crippen molar-refractivity contribution in [2.24, 2.45) is 0 Å². The average molecular weight is 523 g/mol. The zero-order valence-corrected chi connectivity index (χ0v) is 20.7. The predicted octanol–water partition coefficient (Wildman–Crippen LogP) is 6.86. The van der Waals surface area contributed by atoms with E-state index in [-0.39, 0.29) is 0 Å². The third kappa shape index (κ3) is 4.37. The molecule has 168 valence electrons. The van der Waals surface area contributed by atoms with E-state index in [4.69, 9.17) is 14.5 Å². The fourth-order valence-corrected chi connectivity index (χ4v) is 5.10. The molecule has 0 bridgehead atoms. The van der Waals surface area contributed by atoms with Crippen molar-refractivity contribution in [3.05, 3.63) is 64.6 Å². The van der Waals surface area contributed by atoms with Crippen molar-refractivity contribution < 1.29 is 9.47 Å². The van der Waals surface area contributed by atoms with Crippen LogP contribution in [0.3, 0.4) is 0 Å². The van der Waals surface area contributed by atoms with Gasteiger partial charge in [0.25, 0.3) is 0 Å². The fourth-order valence-electron chi connectivity index (χ4n) is 3.88. The Bertz CT molecular complexity index is 1320. The molecule has 1 aliphatic rings. The SMILES string of the molecule is CCCCSc1nnc2c(n1)O[C@H](c1ccc(OC)c3ccccc13)Nc1ccc(Br)cc1-2. The van der Waals surface area contributed by atoms with Gasteiger partial charge in [-0.1, -0.05) is 65.3 Å². The molecule has 6 nitrogen and oxygen atoms in total. The van der Waals surface area contributed by atoms with E-state index in [1.54, 1.807) is 18.9 Å². The number of nitrogens with zero attached hydrogens (tertiary/aromatic N) is 3. The first-order valence-corrected chi connectivity index (χ1v) is 12.6. The molecule has 1 atom stereocenters. The van der Waals surface area contributed by atoms with E-state index in [0.717, 1.165) is 56.4 Å². The maximum absolute atomic E-state index is 6.50. The summed E-state index contributed by atoms with van der Waals surface area (Å²) in [6, 6.07) is 18.2. The zero-order chi connectivity index (χ0) is 22.8. The van der Waals surface area contributed by atoms with Gasteiger partial charge in [-0.3, -0.25) is 0 Å². The maximum Gasteiger partial charge on any atom is 0.247 e. The van der Waals surface area contributed by atoms with Gasteiger partial charge in [-0.2, -0.15) is 4.98 Å². The first-order valence-electron chi connectivity index (χ1n) is 10.8. The molecule has 1 N–H and O–H groups in total. The molecular formula is C25H23BrN4O2S. The lowest BCUT2D eigenvalue weighted by Crippen LogP contribution is -2.17. The summed E-state index contributed by atoms with van der Waals surface area (Å²) in [6.45, 7) is 2.17. The number of aromatic nitrogens is 3. The number of unbranched alkanes of at least 4 members (excludes halogenated alkanes) is 1. The molecule has 33 heavy (non-hydrogen) atoms. The highest BCUT2D eigenvalue weighted by atomic mass is 79.9. The van der Waals surface area contributed by atoms with Crippen LogP contribution in [0.5, 0.6) is 11.6 Å². The minimum absolute atomic E-state index is 0.466. The molecule has 0 saturated heterocycles. The van der Waals surface area contributed by atoms with Crippen molar-refractivity contribution in [1.82, 2.24) is 15.2 Å². The molecule has 0 saturated carbocycles. The molecule has 5 rings (SSSR count). The Hall–Kier alpha value is -2.84. The van der Waals surface area contributed by atoms with Gasteiger partial charge in [0, 0.05) is 32.4 Å². The summed E-state index contributed by atoms with van der Waals surface area (Å²) in [5, 5.41) is 15.1. The second-order valence-electron chi connectivity index (χ2n) is 7.68. The second kappa shape index (κ2) is 9.57. The number of ether oxygens (including phenoxy) is 2. The first kappa shape index (κ1) is 22.0. The quantitative estimate of drug-likeness (QED) is 0.219. The second-order valence-corrected chi connectivity index (χ2v) is 9.66. The van der Waals surface area contributed by atoms with Gasteiger partial charge < -0.3 is 14.8 Å². The van der Waals surface area contributed by atoms with E-state index >= 15 is 0 Å². The molecule has 0 aliphatic carbocycles. The van der Waals surface area contributed by atoms with E-state index in [9.17, 15) is 0 Å². The van der Waals surface area contributed by atoms with E-state index in [1.807, 2.05) is 42.5 Å². The highest BCUT2D eigenvalue weighted by molar-refractivity contribution is 9.10. The van der Waals surface area contributed by atoms with E-state index in [0.29, 0.717) is 16.7 Å². The largest absolute Gasteiger partial charge is 0.496 e. The summed E-state index contributed by atoms with van der Waals surface area (Å²) >= 11 is 5.18. The Morgan fingerprint density at radius 3 is 2.76 bits per heavy atom. The van der Waals surface area contributed by atoms with Crippen LogP contribution in [0.2, 0.25) is 0 Å². The Balaban J connectivity index is 1.63. The minimum atomic E-state index is -0.466. The van der Waals surface area contributed by atoms with Crippen LogP contribution < -0.4 is 14.8 Å². The lowest BCUT2D eigenvalue weighted by atomic mass is 10.0. The molecule has 4 aromatic rings. The molecule has 0 amide bonds. The third-order valence-corrected chi connectivity index (χ3v) is 6.95. The maximum atomic E-state index is 6.50. The number of thioether (sulfide) groups is 1. The lowest BCUT2D eigenvalue weighted by molar-refractivity contribution is 0.226. The smallest absolute Gasteiger partial charge is 0.247 e. The number of rotatable bonds is 6. The summed E-state index contributed by atoms with van der Waals surface area (Å²) in [6.07, 6.45) is 1.76. The average Bonchev–Trinajstić information content (AvgIpc) is 2.99. The van der Waals surface area contributed by atoms with Crippen LogP contribution in [0.25, 0.3) is 22.0 Å². The molecule has 8 heteroatoms. The summed E-state index contributed by atoms with van der Waals surface area (Å²) in [5.74, 6) is 2.24. The summed E-state index contributed by atoms with van der Waals surface area (Å²) in [4.78, 5) is 4.75. The fraction of sp³-hybridized carbons (Fsp3) is 0.240. The summed E-state index contributed by atoms with van der Waals surface area (Å²) < 4.78 is 13.0. The van der Waals surface area contributed by atoms with Crippen LogP contribution in [0.4, 0.5) is 5.69 Å². The number of hydrogen-bond donors (Lipinski definition) is 1. The van der Waals surface area contributed by atoms with Crippen LogP contribution in [0.1, 0.15) is 31.6 Å². The number of fused-ring (bicyclic) bond motifs is 4. The Morgan fingerprint density at radius 1 is 1.09 bits per heavy atom. The summed E-state index contributed by atoms with van der Waals surface area (Å²) in [7, 11) is 1.69. The van der Waals surface area contributed by atoms with Gasteiger partial charge in [0.15, 0.2) is 11.9 Å². The number of halogens is 1. The standard InChI is InChI=1S/C25H23BrN4O2S/c1-3-4-13-33-25-28-24-22(29-30-25)19-14-15(26)9-11-20(19)27-23(32-24)18-10-12-21(31-2)17-8-6-5-7-16(17)18/h5-12,14,23,27H,3-4,13H2,1-2H3/t23-/m1/s1. The Morgan fingerprint density at radius 2 is 1.94 bits per heavy atom. The number of benzene rings is 3.